The molecule has 0 aliphatic carbocycles. The van der Waals surface area contributed by atoms with Gasteiger partial charge in [-0.2, -0.15) is 5.26 Å². The molecule has 0 atom stereocenters. The van der Waals surface area contributed by atoms with Gasteiger partial charge in [-0.25, -0.2) is 0 Å². The summed E-state index contributed by atoms with van der Waals surface area (Å²) in [4.78, 5) is 24.6. The van der Waals surface area contributed by atoms with Crippen molar-refractivity contribution in [2.75, 3.05) is 10.6 Å². The maximum atomic E-state index is 11.9. The molecule has 2 amide bonds. The van der Waals surface area contributed by atoms with Crippen LogP contribution in [0.5, 0.6) is 0 Å². The van der Waals surface area contributed by atoms with Gasteiger partial charge in [0.15, 0.2) is 0 Å². The van der Waals surface area contributed by atoms with E-state index < -0.39 is 11.8 Å². The summed E-state index contributed by atoms with van der Waals surface area (Å²) < 4.78 is 0. The Hall–Kier alpha value is -2.78. The van der Waals surface area contributed by atoms with E-state index in [4.69, 9.17) is 5.26 Å². The van der Waals surface area contributed by atoms with Crippen LogP contribution in [0.15, 0.2) is 47.4 Å². The van der Waals surface area contributed by atoms with Crippen molar-refractivity contribution in [3.8, 4) is 5.40 Å². The second kappa shape index (κ2) is 7.47. The molecule has 2 N–H and O–H groups in total. The molecule has 2 aromatic carbocycles. The van der Waals surface area contributed by atoms with E-state index >= 15 is 0 Å². The quantitative estimate of drug-likeness (QED) is 0.514. The fourth-order valence-corrected chi connectivity index (χ4v) is 2.46. The summed E-state index contributed by atoms with van der Waals surface area (Å²) in [5, 5.41) is 15.6. The predicted octanol–water partition coefficient (Wildman–Crippen LogP) is 3.45. The molecule has 0 heterocycles. The Morgan fingerprint density at radius 3 is 1.96 bits per heavy atom. The van der Waals surface area contributed by atoms with E-state index in [9.17, 15) is 9.59 Å². The number of thiocyanates is 1. The molecule has 0 saturated heterocycles. The number of rotatable bonds is 3. The van der Waals surface area contributed by atoms with Crippen LogP contribution in [0.2, 0.25) is 0 Å². The third kappa shape index (κ3) is 4.87. The highest BCUT2D eigenvalue weighted by Gasteiger charge is 2.14. The van der Waals surface area contributed by atoms with Gasteiger partial charge in [0, 0.05) is 16.3 Å². The molecule has 2 aromatic rings. The first-order chi connectivity index (χ1) is 11.0. The highest BCUT2D eigenvalue weighted by Crippen LogP contribution is 2.19. The van der Waals surface area contributed by atoms with E-state index in [1.54, 1.807) is 36.4 Å². The minimum absolute atomic E-state index is 0.493. The number of hydrogen-bond acceptors (Lipinski definition) is 4. The Kier molecular flexibility index (Phi) is 5.39. The van der Waals surface area contributed by atoms with Gasteiger partial charge in [-0.05, 0) is 73.1 Å². The number of thioether (sulfide) groups is 1. The van der Waals surface area contributed by atoms with E-state index in [-0.39, 0.29) is 0 Å². The van der Waals surface area contributed by atoms with Crippen LogP contribution in [0.1, 0.15) is 11.1 Å². The van der Waals surface area contributed by atoms with Crippen LogP contribution >= 0.6 is 11.8 Å². The molecule has 116 valence electrons. The van der Waals surface area contributed by atoms with Gasteiger partial charge >= 0.3 is 11.8 Å². The van der Waals surface area contributed by atoms with Crippen molar-refractivity contribution in [2.45, 2.75) is 18.7 Å². The molecule has 0 saturated carbocycles. The lowest BCUT2D eigenvalue weighted by Gasteiger charge is -2.08. The van der Waals surface area contributed by atoms with Gasteiger partial charge in [0.2, 0.25) is 0 Å². The number of nitriles is 1. The fraction of sp³-hybridized carbons (Fsp3) is 0.118. The third-order valence-corrected chi connectivity index (χ3v) is 3.56. The van der Waals surface area contributed by atoms with Crippen molar-refractivity contribution >= 4 is 35.0 Å². The summed E-state index contributed by atoms with van der Waals surface area (Å²) in [6.45, 7) is 3.84. The fourth-order valence-electron chi connectivity index (χ4n) is 2.08. The van der Waals surface area contributed by atoms with Crippen LogP contribution in [0.25, 0.3) is 0 Å². The molecule has 0 bridgehead atoms. The van der Waals surface area contributed by atoms with Crippen LogP contribution in [-0.4, -0.2) is 11.8 Å². The summed E-state index contributed by atoms with van der Waals surface area (Å²) in [6, 6.07) is 12.3. The number of amides is 2. The van der Waals surface area contributed by atoms with Gasteiger partial charge in [0.1, 0.15) is 5.40 Å². The van der Waals surface area contributed by atoms with E-state index in [1.165, 1.54) is 0 Å². The highest BCUT2D eigenvalue weighted by molar-refractivity contribution is 8.03. The average molecular weight is 325 g/mol. The van der Waals surface area contributed by atoms with Gasteiger partial charge in [0.25, 0.3) is 0 Å². The molecule has 6 heteroatoms. The molecule has 23 heavy (non-hydrogen) atoms. The van der Waals surface area contributed by atoms with Crippen LogP contribution < -0.4 is 10.6 Å². The SMILES string of the molecule is Cc1cc(C)cc(NC(=O)C(=O)Nc2ccc(SC#N)cc2)c1. The minimum atomic E-state index is -0.746. The Bertz CT molecular complexity index is 759. The van der Waals surface area contributed by atoms with Crippen LogP contribution in [0.3, 0.4) is 0 Å². The van der Waals surface area contributed by atoms with Crippen molar-refractivity contribution in [3.63, 3.8) is 0 Å². The van der Waals surface area contributed by atoms with Crippen molar-refractivity contribution in [1.29, 1.82) is 5.26 Å². The molecule has 0 spiro atoms. The molecule has 2 rings (SSSR count). The number of carbonyl (C=O) groups excluding carboxylic acids is 2. The number of nitrogens with zero attached hydrogens (tertiary/aromatic N) is 1. The first-order valence-electron chi connectivity index (χ1n) is 6.84. The summed E-state index contributed by atoms with van der Waals surface area (Å²) in [5.41, 5.74) is 3.09. The zero-order valence-electron chi connectivity index (χ0n) is 12.7. The maximum Gasteiger partial charge on any atom is 0.314 e. The summed E-state index contributed by atoms with van der Waals surface area (Å²) >= 11 is 1.03. The molecule has 0 aromatic heterocycles. The van der Waals surface area contributed by atoms with Crippen molar-refractivity contribution in [2.24, 2.45) is 0 Å². The summed E-state index contributed by atoms with van der Waals surface area (Å²) in [7, 11) is 0. The van der Waals surface area contributed by atoms with Crippen LogP contribution in [0.4, 0.5) is 11.4 Å². The Labute approximate surface area is 138 Å². The van der Waals surface area contributed by atoms with E-state index in [1.807, 2.05) is 25.3 Å². The van der Waals surface area contributed by atoms with E-state index in [2.05, 4.69) is 10.6 Å². The molecule has 0 aliphatic rings. The normalized spacial score (nSPS) is 9.78. The first-order valence-corrected chi connectivity index (χ1v) is 7.66. The Morgan fingerprint density at radius 2 is 1.43 bits per heavy atom. The van der Waals surface area contributed by atoms with Gasteiger partial charge in [-0.15, -0.1) is 0 Å². The second-order valence-electron chi connectivity index (χ2n) is 5.00. The van der Waals surface area contributed by atoms with Crippen molar-refractivity contribution in [3.05, 3.63) is 53.6 Å². The van der Waals surface area contributed by atoms with Gasteiger partial charge < -0.3 is 10.6 Å². The van der Waals surface area contributed by atoms with Crippen LogP contribution in [-0.2, 0) is 9.59 Å². The van der Waals surface area contributed by atoms with Gasteiger partial charge in [0.05, 0.1) is 0 Å². The van der Waals surface area contributed by atoms with Gasteiger partial charge in [-0.1, -0.05) is 6.07 Å². The molecule has 5 nitrogen and oxygen atoms in total. The number of nitrogens with one attached hydrogen (secondary N) is 2. The summed E-state index contributed by atoms with van der Waals surface area (Å²) in [6.07, 6.45) is 0. The number of anilines is 2. The lowest BCUT2D eigenvalue weighted by Crippen LogP contribution is -2.29. The molecule has 0 radical (unpaired) electrons. The molecular formula is C17H15N3O2S. The highest BCUT2D eigenvalue weighted by atomic mass is 32.2. The smallest absolute Gasteiger partial charge is 0.314 e. The van der Waals surface area contributed by atoms with E-state index in [0.29, 0.717) is 11.4 Å². The Balaban J connectivity index is 1.99. The van der Waals surface area contributed by atoms with Crippen molar-refractivity contribution in [1.82, 2.24) is 0 Å². The zero-order valence-corrected chi connectivity index (χ0v) is 13.5. The van der Waals surface area contributed by atoms with E-state index in [0.717, 1.165) is 27.8 Å². The number of benzene rings is 2. The number of hydrogen-bond donors (Lipinski definition) is 2. The summed E-state index contributed by atoms with van der Waals surface area (Å²) in [5.74, 6) is -1.48. The standard InChI is InChI=1S/C17H15N3O2S/c1-11-7-12(2)9-14(8-11)20-17(22)16(21)19-13-3-5-15(6-4-13)23-10-18/h3-9H,1-2H3,(H,19,21)(H,20,22). The largest absolute Gasteiger partial charge is 0.318 e. The second-order valence-corrected chi connectivity index (χ2v) is 5.86. The van der Waals surface area contributed by atoms with Gasteiger partial charge in [-0.3, -0.25) is 9.59 Å². The lowest BCUT2D eigenvalue weighted by molar-refractivity contribution is -0.132. The number of carbonyl (C=O) groups is 2. The average Bonchev–Trinajstić information content (AvgIpc) is 2.48. The zero-order chi connectivity index (χ0) is 16.8. The minimum Gasteiger partial charge on any atom is -0.318 e. The lowest BCUT2D eigenvalue weighted by atomic mass is 10.1. The molecule has 0 aliphatic heterocycles. The maximum absolute atomic E-state index is 11.9. The number of aryl methyl sites for hydroxylation is 2. The van der Waals surface area contributed by atoms with Crippen molar-refractivity contribution < 1.29 is 9.59 Å². The third-order valence-electron chi connectivity index (χ3n) is 2.96. The molecule has 0 unspecified atom stereocenters. The topological polar surface area (TPSA) is 82.0 Å². The first kappa shape index (κ1) is 16.6. The Morgan fingerprint density at radius 1 is 0.913 bits per heavy atom. The predicted molar refractivity (Wildman–Crippen MR) is 91.1 cm³/mol. The monoisotopic (exact) mass is 325 g/mol. The van der Waals surface area contributed by atoms with Crippen LogP contribution in [0, 0.1) is 24.5 Å². The molecule has 0 fully saturated rings. The molecular weight excluding hydrogens is 310 g/mol.